The first-order valence-corrected chi connectivity index (χ1v) is 10.5. The molecule has 1 fully saturated rings. The number of thiophene rings is 1. The van der Waals surface area contributed by atoms with Gasteiger partial charge in [0, 0.05) is 24.1 Å². The number of hydrogen-bond acceptors (Lipinski definition) is 6. The van der Waals surface area contributed by atoms with E-state index in [0.29, 0.717) is 24.5 Å². The minimum atomic E-state index is -0.686. The van der Waals surface area contributed by atoms with Crippen LogP contribution in [-0.4, -0.2) is 48.6 Å². The number of carbonyl (C=O) groups is 2. The lowest BCUT2D eigenvalue weighted by molar-refractivity contribution is -0.140. The van der Waals surface area contributed by atoms with Crippen LogP contribution in [0.25, 0.3) is 5.76 Å². The molecule has 1 atom stereocenters. The molecule has 6 nitrogen and oxygen atoms in total. The van der Waals surface area contributed by atoms with Gasteiger partial charge in [-0.1, -0.05) is 31.5 Å². The van der Waals surface area contributed by atoms with Crippen LogP contribution >= 0.6 is 11.3 Å². The Morgan fingerprint density at radius 3 is 2.72 bits per heavy atom. The van der Waals surface area contributed by atoms with E-state index in [1.165, 1.54) is 16.2 Å². The lowest BCUT2D eigenvalue weighted by atomic mass is 10.00. The highest BCUT2D eigenvalue weighted by molar-refractivity contribution is 7.10. The van der Waals surface area contributed by atoms with Crippen molar-refractivity contribution < 1.29 is 24.2 Å². The van der Waals surface area contributed by atoms with E-state index in [4.69, 9.17) is 9.47 Å². The second kappa shape index (κ2) is 9.71. The van der Waals surface area contributed by atoms with Crippen LogP contribution in [0.5, 0.6) is 5.75 Å². The summed E-state index contributed by atoms with van der Waals surface area (Å²) in [4.78, 5) is 27.8. The van der Waals surface area contributed by atoms with Crippen molar-refractivity contribution in [2.24, 2.45) is 0 Å². The van der Waals surface area contributed by atoms with Crippen LogP contribution in [0.4, 0.5) is 0 Å². The van der Waals surface area contributed by atoms with Crippen LogP contribution in [0.1, 0.15) is 36.2 Å². The largest absolute Gasteiger partial charge is 0.507 e. The zero-order valence-corrected chi connectivity index (χ0v) is 17.4. The number of nitrogens with zero attached hydrogens (tertiary/aromatic N) is 1. The van der Waals surface area contributed by atoms with E-state index in [2.05, 4.69) is 6.92 Å². The Hall–Kier alpha value is -2.64. The number of methoxy groups -OCH3 is 1. The fraction of sp³-hybridized carbons (Fsp3) is 0.364. The molecule has 1 aromatic carbocycles. The highest BCUT2D eigenvalue weighted by atomic mass is 32.1. The summed E-state index contributed by atoms with van der Waals surface area (Å²) in [5.41, 5.74) is 0.546. The predicted molar refractivity (Wildman–Crippen MR) is 112 cm³/mol. The molecule has 2 aromatic rings. The molecule has 1 saturated heterocycles. The molecule has 0 radical (unpaired) electrons. The molecule has 29 heavy (non-hydrogen) atoms. The van der Waals surface area contributed by atoms with Gasteiger partial charge in [-0.2, -0.15) is 0 Å². The number of carbonyl (C=O) groups excluding carboxylic acids is 2. The molecule has 1 aliphatic heterocycles. The maximum atomic E-state index is 12.8. The van der Waals surface area contributed by atoms with E-state index in [1.807, 2.05) is 17.5 Å². The lowest BCUT2D eigenvalue weighted by Gasteiger charge is -2.23. The van der Waals surface area contributed by atoms with E-state index in [9.17, 15) is 14.7 Å². The van der Waals surface area contributed by atoms with E-state index < -0.39 is 17.7 Å². The molecule has 2 heterocycles. The second-order valence-corrected chi connectivity index (χ2v) is 7.71. The van der Waals surface area contributed by atoms with Gasteiger partial charge in [0.15, 0.2) is 0 Å². The number of hydrogen-bond donors (Lipinski definition) is 1. The van der Waals surface area contributed by atoms with Gasteiger partial charge in [0.25, 0.3) is 11.7 Å². The quantitative estimate of drug-likeness (QED) is 0.290. The fourth-order valence-corrected chi connectivity index (χ4v) is 4.11. The number of aliphatic hydroxyl groups is 1. The zero-order chi connectivity index (χ0) is 20.8. The van der Waals surface area contributed by atoms with Crippen LogP contribution in [-0.2, 0) is 14.3 Å². The maximum absolute atomic E-state index is 12.8. The van der Waals surface area contributed by atoms with Crippen molar-refractivity contribution in [2.75, 3.05) is 26.9 Å². The number of ketones is 1. The summed E-state index contributed by atoms with van der Waals surface area (Å²) in [6.45, 7) is 3.23. The molecule has 7 heteroatoms. The molecule has 1 amide bonds. The number of ether oxygens (including phenoxy) is 2. The lowest BCUT2D eigenvalue weighted by Crippen LogP contribution is -2.32. The molecule has 0 aliphatic carbocycles. The number of Topliss-reactive ketones (excluding diaryl/α,β-unsaturated/α-hetero) is 1. The fourth-order valence-electron chi connectivity index (χ4n) is 3.27. The minimum Gasteiger partial charge on any atom is -0.507 e. The van der Waals surface area contributed by atoms with Crippen LogP contribution in [0.2, 0.25) is 0 Å². The Morgan fingerprint density at radius 1 is 1.21 bits per heavy atom. The highest BCUT2D eigenvalue weighted by Crippen LogP contribution is 2.41. The van der Waals surface area contributed by atoms with Crippen molar-refractivity contribution in [3.63, 3.8) is 0 Å². The summed E-state index contributed by atoms with van der Waals surface area (Å²) < 4.78 is 10.8. The van der Waals surface area contributed by atoms with Gasteiger partial charge in [-0.15, -0.1) is 11.3 Å². The van der Waals surface area contributed by atoms with Gasteiger partial charge in [-0.25, -0.2) is 0 Å². The second-order valence-electron chi connectivity index (χ2n) is 6.73. The first kappa shape index (κ1) is 21.1. The molecule has 3 rings (SSSR count). The van der Waals surface area contributed by atoms with Gasteiger partial charge >= 0.3 is 0 Å². The molecular weight excluding hydrogens is 390 g/mol. The molecule has 0 spiro atoms. The van der Waals surface area contributed by atoms with Crippen molar-refractivity contribution >= 4 is 28.8 Å². The van der Waals surface area contributed by atoms with Gasteiger partial charge in [0.05, 0.1) is 24.8 Å². The topological polar surface area (TPSA) is 76.1 Å². The molecule has 0 saturated carbocycles. The summed E-state index contributed by atoms with van der Waals surface area (Å²) in [7, 11) is 1.54. The Labute approximate surface area is 174 Å². The average Bonchev–Trinajstić information content (AvgIpc) is 3.34. The monoisotopic (exact) mass is 415 g/mol. The molecular formula is C22H25NO5S. The minimum absolute atomic E-state index is 0.0965. The highest BCUT2D eigenvalue weighted by Gasteiger charge is 2.46. The number of unbranched alkanes of at least 4 members (excludes halogenated alkanes) is 1. The van der Waals surface area contributed by atoms with Crippen molar-refractivity contribution in [3.8, 4) is 5.75 Å². The molecule has 0 bridgehead atoms. The van der Waals surface area contributed by atoms with E-state index >= 15 is 0 Å². The number of aliphatic hydroxyl groups excluding tert-OH is 1. The van der Waals surface area contributed by atoms with E-state index in [0.717, 1.165) is 17.7 Å². The molecule has 1 unspecified atom stereocenters. The maximum Gasteiger partial charge on any atom is 0.295 e. The SMILES string of the molecule is CCCCOc1cccc(C(O)=C2C(=O)C(=O)N(CCOC)C2c2cccs2)c1. The molecule has 1 aromatic heterocycles. The summed E-state index contributed by atoms with van der Waals surface area (Å²) in [6, 6.07) is 10.1. The van der Waals surface area contributed by atoms with Crippen molar-refractivity contribution in [1.82, 2.24) is 4.90 Å². The summed E-state index contributed by atoms with van der Waals surface area (Å²) >= 11 is 1.44. The number of rotatable bonds is 9. The van der Waals surface area contributed by atoms with Crippen molar-refractivity contribution in [3.05, 3.63) is 57.8 Å². The third-order valence-electron chi connectivity index (χ3n) is 4.76. The average molecular weight is 416 g/mol. The first-order chi connectivity index (χ1) is 14.1. The third kappa shape index (κ3) is 4.52. The molecule has 1 N–H and O–H groups in total. The Balaban J connectivity index is 2.01. The van der Waals surface area contributed by atoms with Crippen LogP contribution in [0.15, 0.2) is 47.4 Å². The first-order valence-electron chi connectivity index (χ1n) is 9.62. The smallest absolute Gasteiger partial charge is 0.295 e. The summed E-state index contributed by atoms with van der Waals surface area (Å²) in [6.07, 6.45) is 1.95. The Morgan fingerprint density at radius 2 is 2.03 bits per heavy atom. The van der Waals surface area contributed by atoms with E-state index in [-0.39, 0.29) is 17.9 Å². The summed E-state index contributed by atoms with van der Waals surface area (Å²) in [5.74, 6) is -0.891. The Bertz CT molecular complexity index is 890. The van der Waals surface area contributed by atoms with Gasteiger partial charge in [0.1, 0.15) is 11.5 Å². The normalized spacial score (nSPS) is 18.4. The standard InChI is InChI=1S/C22H25NO5S/c1-3-4-11-28-16-8-5-7-15(14-16)20(24)18-19(17-9-6-13-29-17)23(10-12-27-2)22(26)21(18)25/h5-9,13-14,19,24H,3-4,10-12H2,1-2H3. The van der Waals surface area contributed by atoms with Crippen LogP contribution < -0.4 is 4.74 Å². The molecule has 154 valence electrons. The third-order valence-corrected chi connectivity index (χ3v) is 5.69. The van der Waals surface area contributed by atoms with Gasteiger partial charge < -0.3 is 19.5 Å². The van der Waals surface area contributed by atoms with Gasteiger partial charge in [-0.3, -0.25) is 9.59 Å². The zero-order valence-electron chi connectivity index (χ0n) is 16.6. The van der Waals surface area contributed by atoms with Crippen LogP contribution in [0.3, 0.4) is 0 Å². The summed E-state index contributed by atoms with van der Waals surface area (Å²) in [5, 5.41) is 12.9. The van der Waals surface area contributed by atoms with Crippen molar-refractivity contribution in [2.45, 2.75) is 25.8 Å². The van der Waals surface area contributed by atoms with E-state index in [1.54, 1.807) is 31.4 Å². The number of benzene rings is 1. The van der Waals surface area contributed by atoms with Crippen LogP contribution in [0, 0.1) is 0 Å². The number of likely N-dealkylation sites (tertiary alicyclic amines) is 1. The van der Waals surface area contributed by atoms with Crippen molar-refractivity contribution in [1.29, 1.82) is 0 Å². The van der Waals surface area contributed by atoms with Gasteiger partial charge in [-0.05, 0) is 30.0 Å². The van der Waals surface area contributed by atoms with Gasteiger partial charge in [0.2, 0.25) is 0 Å². The predicted octanol–water partition coefficient (Wildman–Crippen LogP) is 4.00. The number of amides is 1. The Kier molecular flexibility index (Phi) is 7.06. The molecule has 1 aliphatic rings.